The first-order chi connectivity index (χ1) is 11.6. The quantitative estimate of drug-likeness (QED) is 0.421. The molecule has 25 heavy (non-hydrogen) atoms. The Morgan fingerprint density at radius 1 is 1.08 bits per heavy atom. The summed E-state index contributed by atoms with van der Waals surface area (Å²) in [5, 5.41) is 12.1. The van der Waals surface area contributed by atoms with Crippen LogP contribution in [0.15, 0.2) is 0 Å². The van der Waals surface area contributed by atoms with E-state index in [1.165, 1.54) is 0 Å². The lowest BCUT2D eigenvalue weighted by Crippen LogP contribution is -2.54. The summed E-state index contributed by atoms with van der Waals surface area (Å²) in [5.74, 6) is -4.77. The predicted molar refractivity (Wildman–Crippen MR) is 88.0 cm³/mol. The van der Waals surface area contributed by atoms with Gasteiger partial charge in [0.15, 0.2) is 0 Å². The molecule has 144 valence electrons. The molecule has 0 fully saturated rings. The van der Waals surface area contributed by atoms with Crippen LogP contribution >= 0.6 is 0 Å². The Balaban J connectivity index is 5.32. The molecule has 0 aliphatic heterocycles. The normalized spacial score (nSPS) is 14.3. The van der Waals surface area contributed by atoms with Crippen LogP contribution in [0.4, 0.5) is 0 Å². The summed E-state index contributed by atoms with van der Waals surface area (Å²) in [6, 6.07) is -1.50. The second-order valence-electron chi connectivity index (χ2n) is 5.90. The van der Waals surface area contributed by atoms with Crippen molar-refractivity contribution in [2.75, 3.05) is 13.2 Å². The van der Waals surface area contributed by atoms with Crippen LogP contribution in [0.25, 0.3) is 0 Å². The van der Waals surface area contributed by atoms with Gasteiger partial charge in [-0.05, 0) is 26.2 Å². The molecule has 9 heteroatoms. The number of carbonyl (C=O) groups is 4. The largest absolute Gasteiger partial charge is 0.466 e. The van der Waals surface area contributed by atoms with Crippen LogP contribution in [0.2, 0.25) is 0 Å². The fraction of sp³-hybridized carbons (Fsp3) is 0.750. The van der Waals surface area contributed by atoms with Crippen molar-refractivity contribution in [3.05, 3.63) is 0 Å². The smallest absolute Gasteiger partial charge is 0.312 e. The van der Waals surface area contributed by atoms with Gasteiger partial charge in [-0.15, -0.1) is 0 Å². The number of carbonyl (C=O) groups excluding carboxylic acids is 4. The lowest BCUT2D eigenvalue weighted by atomic mass is 9.94. The number of hydrogen-bond acceptors (Lipinski definition) is 7. The van der Waals surface area contributed by atoms with Crippen LogP contribution < -0.4 is 11.1 Å². The molecule has 0 aromatic rings. The molecule has 0 bridgehead atoms. The molecule has 0 unspecified atom stereocenters. The first kappa shape index (κ1) is 22.8. The molecule has 0 heterocycles. The fourth-order valence-electron chi connectivity index (χ4n) is 2.16. The third-order valence-electron chi connectivity index (χ3n) is 3.29. The van der Waals surface area contributed by atoms with Crippen LogP contribution in [0.3, 0.4) is 0 Å². The highest BCUT2D eigenvalue weighted by molar-refractivity contribution is 5.93. The molecule has 0 radical (unpaired) electrons. The van der Waals surface area contributed by atoms with Crippen molar-refractivity contribution < 1.29 is 33.8 Å². The molecular formula is C16H28N2O7. The van der Waals surface area contributed by atoms with E-state index in [1.54, 1.807) is 13.8 Å². The van der Waals surface area contributed by atoms with E-state index in [1.807, 2.05) is 13.8 Å². The summed E-state index contributed by atoms with van der Waals surface area (Å²) in [6.45, 7) is 6.88. The average molecular weight is 360 g/mol. The third kappa shape index (κ3) is 8.48. The number of ether oxygens (including phenoxy) is 2. The van der Waals surface area contributed by atoms with E-state index in [0.29, 0.717) is 0 Å². The van der Waals surface area contributed by atoms with E-state index in [0.717, 1.165) is 0 Å². The van der Waals surface area contributed by atoms with E-state index in [2.05, 4.69) is 5.32 Å². The Kier molecular flexibility index (Phi) is 10.4. The van der Waals surface area contributed by atoms with Gasteiger partial charge in [0, 0.05) is 0 Å². The van der Waals surface area contributed by atoms with Crippen molar-refractivity contribution in [2.45, 2.75) is 52.7 Å². The number of nitrogens with two attached hydrogens (primary N) is 1. The van der Waals surface area contributed by atoms with Gasteiger partial charge in [-0.25, -0.2) is 0 Å². The van der Waals surface area contributed by atoms with Gasteiger partial charge >= 0.3 is 11.9 Å². The summed E-state index contributed by atoms with van der Waals surface area (Å²) in [5.41, 5.74) is 5.28. The molecule has 4 N–H and O–H groups in total. The molecule has 0 saturated carbocycles. The van der Waals surface area contributed by atoms with E-state index >= 15 is 0 Å². The van der Waals surface area contributed by atoms with Gasteiger partial charge in [-0.2, -0.15) is 0 Å². The monoisotopic (exact) mass is 360 g/mol. The Bertz CT molecular complexity index is 479. The summed E-state index contributed by atoms with van der Waals surface area (Å²) in [4.78, 5) is 47.6. The molecule has 0 aliphatic rings. The van der Waals surface area contributed by atoms with Crippen LogP contribution in [0, 0.1) is 11.8 Å². The van der Waals surface area contributed by atoms with Crippen LogP contribution in [-0.2, 0) is 28.7 Å². The summed E-state index contributed by atoms with van der Waals surface area (Å²) in [7, 11) is 0. The number of esters is 2. The van der Waals surface area contributed by atoms with Crippen molar-refractivity contribution in [2.24, 2.45) is 17.6 Å². The Hall–Kier alpha value is -2.16. The van der Waals surface area contributed by atoms with Crippen molar-refractivity contribution >= 4 is 23.8 Å². The topological polar surface area (TPSA) is 145 Å². The number of aliphatic hydroxyl groups excluding tert-OH is 1. The second kappa shape index (κ2) is 11.4. The lowest BCUT2D eigenvalue weighted by molar-refractivity contribution is -0.157. The van der Waals surface area contributed by atoms with Gasteiger partial charge in [0.2, 0.25) is 11.8 Å². The van der Waals surface area contributed by atoms with Crippen LogP contribution in [0.5, 0.6) is 0 Å². The third-order valence-corrected chi connectivity index (χ3v) is 3.29. The number of aliphatic hydroxyl groups is 1. The average Bonchev–Trinajstić information content (AvgIpc) is 2.49. The van der Waals surface area contributed by atoms with Crippen molar-refractivity contribution in [3.63, 3.8) is 0 Å². The van der Waals surface area contributed by atoms with Gasteiger partial charge in [0.05, 0.1) is 25.6 Å². The molecule has 0 rings (SSSR count). The van der Waals surface area contributed by atoms with Gasteiger partial charge in [0.1, 0.15) is 12.1 Å². The molecular weight excluding hydrogens is 332 g/mol. The zero-order valence-corrected chi connectivity index (χ0v) is 15.1. The van der Waals surface area contributed by atoms with E-state index < -0.39 is 48.2 Å². The first-order valence-electron chi connectivity index (χ1n) is 8.23. The number of rotatable bonds is 11. The van der Waals surface area contributed by atoms with E-state index in [-0.39, 0.29) is 25.6 Å². The Morgan fingerprint density at radius 2 is 1.64 bits per heavy atom. The lowest BCUT2D eigenvalue weighted by Gasteiger charge is -2.25. The summed E-state index contributed by atoms with van der Waals surface area (Å²) < 4.78 is 9.63. The van der Waals surface area contributed by atoms with Gasteiger partial charge in [-0.3, -0.25) is 19.2 Å². The van der Waals surface area contributed by atoms with Crippen molar-refractivity contribution in [3.8, 4) is 0 Å². The fourth-order valence-corrected chi connectivity index (χ4v) is 2.16. The van der Waals surface area contributed by atoms with Gasteiger partial charge in [0.25, 0.3) is 0 Å². The SMILES string of the molecule is CCOC(=O)C[C@H](C(=O)OCC)[C@@H](NC(=O)[C@@H](O)CC(C)C)C(N)=O. The number of amides is 2. The highest BCUT2D eigenvalue weighted by atomic mass is 16.5. The maximum Gasteiger partial charge on any atom is 0.312 e. The molecule has 2 amide bonds. The maximum atomic E-state index is 12.1. The highest BCUT2D eigenvalue weighted by Gasteiger charge is 2.38. The minimum absolute atomic E-state index is 0.0214. The Morgan fingerprint density at radius 3 is 2.08 bits per heavy atom. The molecule has 0 aromatic heterocycles. The van der Waals surface area contributed by atoms with Gasteiger partial charge < -0.3 is 25.6 Å². The van der Waals surface area contributed by atoms with Crippen LogP contribution in [0.1, 0.15) is 40.5 Å². The predicted octanol–water partition coefficient (Wildman–Crippen LogP) is -0.504. The molecule has 0 aromatic carbocycles. The number of nitrogens with one attached hydrogen (secondary N) is 1. The first-order valence-corrected chi connectivity index (χ1v) is 8.23. The second-order valence-corrected chi connectivity index (χ2v) is 5.90. The maximum absolute atomic E-state index is 12.1. The Labute approximate surface area is 147 Å². The standard InChI is InChI=1S/C16H28N2O7/c1-5-24-12(20)8-10(16(23)25-6-2)13(14(17)21)18-15(22)11(19)7-9(3)4/h9-11,13,19H,5-8H2,1-4H3,(H2,17,21)(H,18,22)/t10-,11-,13+/m0/s1. The van der Waals surface area contributed by atoms with Crippen molar-refractivity contribution in [1.29, 1.82) is 0 Å². The minimum Gasteiger partial charge on any atom is -0.466 e. The zero-order valence-electron chi connectivity index (χ0n) is 15.1. The molecule has 3 atom stereocenters. The molecule has 0 aliphatic carbocycles. The minimum atomic E-state index is -1.50. The number of primary amides is 1. The molecule has 0 saturated heterocycles. The highest BCUT2D eigenvalue weighted by Crippen LogP contribution is 2.14. The summed E-state index contributed by atoms with van der Waals surface area (Å²) in [6.07, 6.45) is -1.69. The molecule has 9 nitrogen and oxygen atoms in total. The molecule has 0 spiro atoms. The van der Waals surface area contributed by atoms with Crippen molar-refractivity contribution in [1.82, 2.24) is 5.32 Å². The van der Waals surface area contributed by atoms with Crippen LogP contribution in [-0.4, -0.2) is 54.2 Å². The summed E-state index contributed by atoms with van der Waals surface area (Å²) >= 11 is 0. The van der Waals surface area contributed by atoms with E-state index in [4.69, 9.17) is 15.2 Å². The number of hydrogen-bond donors (Lipinski definition) is 3. The zero-order chi connectivity index (χ0) is 19.6. The van der Waals surface area contributed by atoms with E-state index in [9.17, 15) is 24.3 Å². The van der Waals surface area contributed by atoms with Gasteiger partial charge in [-0.1, -0.05) is 13.8 Å².